The maximum absolute atomic E-state index is 11.3. The highest BCUT2D eigenvalue weighted by Gasteiger charge is 2.39. The number of hydrogen-bond donors (Lipinski definition) is 1. The number of benzene rings is 1. The van der Waals surface area contributed by atoms with Crippen LogP contribution < -0.4 is 0 Å². The van der Waals surface area contributed by atoms with E-state index in [0.717, 1.165) is 45.6 Å². The summed E-state index contributed by atoms with van der Waals surface area (Å²) in [6, 6.07) is 10.5. The molecule has 0 radical (unpaired) electrons. The molecule has 2 atom stereocenters. The van der Waals surface area contributed by atoms with Gasteiger partial charge in [-0.3, -0.25) is 0 Å². The van der Waals surface area contributed by atoms with E-state index in [9.17, 15) is 5.11 Å². The summed E-state index contributed by atoms with van der Waals surface area (Å²) in [5.41, 5.74) is 0.762. The molecule has 2 unspecified atom stereocenters. The van der Waals surface area contributed by atoms with Gasteiger partial charge >= 0.3 is 0 Å². The van der Waals surface area contributed by atoms with Gasteiger partial charge in [0.15, 0.2) is 0 Å². The summed E-state index contributed by atoms with van der Waals surface area (Å²) >= 11 is 0. The Morgan fingerprint density at radius 2 is 1.82 bits per heavy atom. The van der Waals surface area contributed by atoms with E-state index in [1.165, 1.54) is 24.8 Å². The van der Waals surface area contributed by atoms with Gasteiger partial charge in [0, 0.05) is 45.1 Å². The van der Waals surface area contributed by atoms with Crippen molar-refractivity contribution in [2.75, 3.05) is 39.8 Å². The molecule has 0 aromatic heterocycles. The van der Waals surface area contributed by atoms with E-state index in [4.69, 9.17) is 0 Å². The lowest BCUT2D eigenvalue weighted by Gasteiger charge is -2.44. The van der Waals surface area contributed by atoms with Crippen molar-refractivity contribution in [3.05, 3.63) is 35.9 Å². The number of nitrogens with zero attached hydrogens (tertiary/aromatic N) is 2. The highest BCUT2D eigenvalue weighted by molar-refractivity contribution is 5.18. The van der Waals surface area contributed by atoms with Crippen molar-refractivity contribution >= 4 is 0 Å². The second-order valence-corrected chi connectivity index (χ2v) is 7.31. The van der Waals surface area contributed by atoms with Crippen molar-refractivity contribution in [3.8, 4) is 0 Å². The van der Waals surface area contributed by atoms with Crippen LogP contribution in [0.15, 0.2) is 30.3 Å². The normalized spacial score (nSPS) is 31.3. The molecule has 2 aliphatic rings. The van der Waals surface area contributed by atoms with Gasteiger partial charge in [-0.15, -0.1) is 0 Å². The van der Waals surface area contributed by atoms with Crippen LogP contribution in [0, 0.1) is 5.92 Å². The van der Waals surface area contributed by atoms with E-state index >= 15 is 0 Å². The predicted octanol–water partition coefficient (Wildman–Crippen LogP) is 2.40. The van der Waals surface area contributed by atoms with Crippen LogP contribution in [0.2, 0.25) is 0 Å². The van der Waals surface area contributed by atoms with Crippen molar-refractivity contribution in [2.45, 2.75) is 37.7 Å². The third-order valence-corrected chi connectivity index (χ3v) is 5.60. The zero-order valence-electron chi connectivity index (χ0n) is 13.9. The monoisotopic (exact) mass is 302 g/mol. The topological polar surface area (TPSA) is 26.7 Å². The second kappa shape index (κ2) is 7.12. The van der Waals surface area contributed by atoms with Crippen LogP contribution >= 0.6 is 0 Å². The van der Waals surface area contributed by atoms with E-state index in [-0.39, 0.29) is 0 Å². The maximum Gasteiger partial charge on any atom is 0.0728 e. The molecule has 122 valence electrons. The molecule has 2 fully saturated rings. The quantitative estimate of drug-likeness (QED) is 0.925. The lowest BCUT2D eigenvalue weighted by molar-refractivity contribution is -0.0620. The van der Waals surface area contributed by atoms with Crippen molar-refractivity contribution in [2.24, 2.45) is 5.92 Å². The van der Waals surface area contributed by atoms with Crippen molar-refractivity contribution in [1.82, 2.24) is 9.80 Å². The Morgan fingerprint density at radius 3 is 2.55 bits per heavy atom. The third kappa shape index (κ3) is 3.89. The van der Waals surface area contributed by atoms with E-state index in [2.05, 4.69) is 47.2 Å². The molecule has 3 rings (SSSR count). The van der Waals surface area contributed by atoms with Crippen LogP contribution in [0.1, 0.15) is 31.2 Å². The first-order valence-corrected chi connectivity index (χ1v) is 8.83. The van der Waals surface area contributed by atoms with Crippen molar-refractivity contribution < 1.29 is 5.11 Å². The molecular formula is C19H30N2O. The van der Waals surface area contributed by atoms with Crippen LogP contribution in [-0.4, -0.2) is 60.3 Å². The molecule has 0 bridgehead atoms. The fourth-order valence-corrected chi connectivity index (χ4v) is 4.08. The lowest BCUT2D eigenvalue weighted by atomic mass is 9.72. The molecule has 0 spiro atoms. The minimum Gasteiger partial charge on any atom is -0.389 e. The molecule has 1 aromatic carbocycles. The van der Waals surface area contributed by atoms with Crippen molar-refractivity contribution in [3.63, 3.8) is 0 Å². The van der Waals surface area contributed by atoms with Gasteiger partial charge in [-0.1, -0.05) is 43.2 Å². The summed E-state index contributed by atoms with van der Waals surface area (Å²) in [6.07, 6.45) is 5.39. The van der Waals surface area contributed by atoms with Gasteiger partial charge in [-0.2, -0.15) is 0 Å². The molecule has 22 heavy (non-hydrogen) atoms. The first-order valence-electron chi connectivity index (χ1n) is 8.83. The Morgan fingerprint density at radius 1 is 1.09 bits per heavy atom. The van der Waals surface area contributed by atoms with E-state index in [1.54, 1.807) is 0 Å². The fraction of sp³-hybridized carbons (Fsp3) is 0.684. The lowest BCUT2D eigenvalue weighted by Crippen LogP contribution is -2.52. The number of piperazine rings is 1. The number of hydrogen-bond acceptors (Lipinski definition) is 3. The fourth-order valence-electron chi connectivity index (χ4n) is 4.08. The van der Waals surface area contributed by atoms with Gasteiger partial charge in [0.05, 0.1) is 5.60 Å². The average molecular weight is 302 g/mol. The minimum atomic E-state index is -0.511. The number of likely N-dealkylation sites (N-methyl/N-ethyl adjacent to an activating group) is 1. The molecule has 3 nitrogen and oxygen atoms in total. The molecule has 1 heterocycles. The van der Waals surface area contributed by atoms with Gasteiger partial charge in [-0.05, 0) is 25.5 Å². The summed E-state index contributed by atoms with van der Waals surface area (Å²) in [6.45, 7) is 5.67. The predicted molar refractivity (Wildman–Crippen MR) is 91.0 cm³/mol. The maximum atomic E-state index is 11.3. The van der Waals surface area contributed by atoms with Gasteiger partial charge in [0.2, 0.25) is 0 Å². The summed E-state index contributed by atoms with van der Waals surface area (Å²) in [7, 11) is 2.20. The van der Waals surface area contributed by atoms with Crippen LogP contribution in [-0.2, 0) is 6.42 Å². The van der Waals surface area contributed by atoms with E-state index in [0.29, 0.717) is 5.92 Å². The Labute approximate surface area is 134 Å². The van der Waals surface area contributed by atoms with Crippen LogP contribution in [0.4, 0.5) is 0 Å². The molecule has 3 heteroatoms. The van der Waals surface area contributed by atoms with E-state index in [1.807, 2.05) is 0 Å². The summed E-state index contributed by atoms with van der Waals surface area (Å²) in [4.78, 5) is 4.96. The van der Waals surface area contributed by atoms with Gasteiger partial charge in [0.1, 0.15) is 0 Å². The van der Waals surface area contributed by atoms with Gasteiger partial charge in [0.25, 0.3) is 0 Å². The Bertz CT molecular complexity index is 456. The zero-order chi connectivity index (χ0) is 15.4. The Balaban J connectivity index is 1.65. The standard InChI is InChI=1S/C19H30N2O/c1-20-11-13-21(14-12-20)16-18-9-5-6-10-19(18,22)15-17-7-3-2-4-8-17/h2-4,7-8,18,22H,5-6,9-16H2,1H3. The average Bonchev–Trinajstić information content (AvgIpc) is 2.53. The molecule has 1 aliphatic carbocycles. The van der Waals surface area contributed by atoms with E-state index < -0.39 is 5.60 Å². The summed E-state index contributed by atoms with van der Waals surface area (Å²) in [5.74, 6) is 0.421. The highest BCUT2D eigenvalue weighted by atomic mass is 16.3. The second-order valence-electron chi connectivity index (χ2n) is 7.31. The SMILES string of the molecule is CN1CCN(CC2CCCCC2(O)Cc2ccccc2)CC1. The molecule has 1 saturated carbocycles. The summed E-state index contributed by atoms with van der Waals surface area (Å²) in [5, 5.41) is 11.3. The highest BCUT2D eigenvalue weighted by Crippen LogP contribution is 2.37. The number of aliphatic hydroxyl groups is 1. The van der Waals surface area contributed by atoms with Crippen LogP contribution in [0.5, 0.6) is 0 Å². The molecule has 1 aromatic rings. The van der Waals surface area contributed by atoms with Gasteiger partial charge < -0.3 is 14.9 Å². The van der Waals surface area contributed by atoms with Crippen LogP contribution in [0.25, 0.3) is 0 Å². The molecule has 1 saturated heterocycles. The van der Waals surface area contributed by atoms with Gasteiger partial charge in [-0.25, -0.2) is 0 Å². The summed E-state index contributed by atoms with van der Waals surface area (Å²) < 4.78 is 0. The largest absolute Gasteiger partial charge is 0.389 e. The number of rotatable bonds is 4. The Kier molecular flexibility index (Phi) is 5.17. The van der Waals surface area contributed by atoms with Crippen LogP contribution in [0.3, 0.4) is 0 Å². The van der Waals surface area contributed by atoms with Crippen molar-refractivity contribution in [1.29, 1.82) is 0 Å². The minimum absolute atomic E-state index is 0.421. The zero-order valence-corrected chi connectivity index (χ0v) is 13.9. The first kappa shape index (κ1) is 16.0. The molecule has 1 aliphatic heterocycles. The molecule has 1 N–H and O–H groups in total. The molecular weight excluding hydrogens is 272 g/mol. The smallest absolute Gasteiger partial charge is 0.0728 e. The molecule has 0 amide bonds. The Hall–Kier alpha value is -0.900. The third-order valence-electron chi connectivity index (χ3n) is 5.60. The first-order chi connectivity index (χ1) is 10.7.